The van der Waals surface area contributed by atoms with Gasteiger partial charge in [-0.1, -0.05) is 12.5 Å². The lowest BCUT2D eigenvalue weighted by Gasteiger charge is -2.28. The number of nitrogens with zero attached hydrogens (tertiary/aromatic N) is 3. The highest BCUT2D eigenvalue weighted by atomic mass is 16.5. The van der Waals surface area contributed by atoms with Crippen LogP contribution in [0.2, 0.25) is 0 Å². The number of pyridine rings is 2. The Hall–Kier alpha value is -2.43. The van der Waals surface area contributed by atoms with Gasteiger partial charge in [0.05, 0.1) is 12.2 Å². The molecule has 4 rings (SSSR count). The number of amides is 1. The second-order valence-corrected chi connectivity index (χ2v) is 7.28. The molecule has 0 N–H and O–H groups in total. The van der Waals surface area contributed by atoms with Gasteiger partial charge in [0.15, 0.2) is 0 Å². The Morgan fingerprint density at radius 2 is 2.24 bits per heavy atom. The van der Waals surface area contributed by atoms with E-state index in [1.807, 2.05) is 42.2 Å². The predicted molar refractivity (Wildman–Crippen MR) is 94.4 cm³/mol. The fourth-order valence-corrected chi connectivity index (χ4v) is 4.23. The monoisotopic (exact) mass is 337 g/mol. The first-order chi connectivity index (χ1) is 12.2. The van der Waals surface area contributed by atoms with Crippen LogP contribution >= 0.6 is 0 Å². The molecule has 5 nitrogen and oxygen atoms in total. The second-order valence-electron chi connectivity index (χ2n) is 7.28. The van der Waals surface area contributed by atoms with Crippen molar-refractivity contribution in [2.45, 2.75) is 26.2 Å². The second kappa shape index (κ2) is 6.47. The van der Waals surface area contributed by atoms with E-state index in [1.165, 1.54) is 12.8 Å². The van der Waals surface area contributed by atoms with Crippen molar-refractivity contribution in [2.75, 3.05) is 19.7 Å². The molecule has 0 spiro atoms. The van der Waals surface area contributed by atoms with E-state index >= 15 is 0 Å². The minimum absolute atomic E-state index is 0.0608. The number of likely N-dealkylation sites (tertiary alicyclic amines) is 1. The van der Waals surface area contributed by atoms with Crippen LogP contribution in [0.15, 0.2) is 42.7 Å². The minimum atomic E-state index is 0.0608. The molecule has 2 aliphatic rings. The normalized spacial score (nSPS) is 25.0. The zero-order chi connectivity index (χ0) is 17.3. The van der Waals surface area contributed by atoms with Crippen LogP contribution in [0.4, 0.5) is 0 Å². The maximum Gasteiger partial charge on any atom is 0.255 e. The lowest BCUT2D eigenvalue weighted by atomic mass is 9.81. The average Bonchev–Trinajstić information content (AvgIpc) is 3.18. The number of carbonyl (C=O) groups excluding carboxylic acids is 1. The summed E-state index contributed by atoms with van der Waals surface area (Å²) in [6, 6.07) is 9.46. The standard InChI is InChI=1S/C20H23N3O2/c1-15-7-8-16(11-22-15)19(24)23-12-17-5-4-9-20(17,13-23)14-25-18-6-2-3-10-21-18/h2-3,6-8,10-11,17H,4-5,9,12-14H2,1H3/t17-,20+/m0/s1. The summed E-state index contributed by atoms with van der Waals surface area (Å²) >= 11 is 0. The van der Waals surface area contributed by atoms with Gasteiger partial charge >= 0.3 is 0 Å². The smallest absolute Gasteiger partial charge is 0.255 e. The first-order valence-corrected chi connectivity index (χ1v) is 8.92. The minimum Gasteiger partial charge on any atom is -0.477 e. The van der Waals surface area contributed by atoms with Gasteiger partial charge in [-0.15, -0.1) is 0 Å². The van der Waals surface area contributed by atoms with E-state index in [2.05, 4.69) is 9.97 Å². The summed E-state index contributed by atoms with van der Waals surface area (Å²) in [4.78, 5) is 23.3. The highest BCUT2D eigenvalue weighted by molar-refractivity contribution is 5.94. The highest BCUT2D eigenvalue weighted by Gasteiger charge is 2.51. The molecule has 5 heteroatoms. The summed E-state index contributed by atoms with van der Waals surface area (Å²) < 4.78 is 5.98. The molecule has 1 aliphatic carbocycles. The van der Waals surface area contributed by atoms with E-state index in [-0.39, 0.29) is 11.3 Å². The Balaban J connectivity index is 1.47. The molecule has 1 saturated carbocycles. The van der Waals surface area contributed by atoms with Gasteiger partial charge in [0, 0.05) is 42.7 Å². The lowest BCUT2D eigenvalue weighted by Crippen LogP contribution is -2.35. The van der Waals surface area contributed by atoms with Gasteiger partial charge in [0.25, 0.3) is 5.91 Å². The van der Waals surface area contributed by atoms with Crippen LogP contribution in [0.3, 0.4) is 0 Å². The van der Waals surface area contributed by atoms with E-state index in [0.717, 1.165) is 25.2 Å². The Morgan fingerprint density at radius 1 is 1.32 bits per heavy atom. The lowest BCUT2D eigenvalue weighted by molar-refractivity contribution is 0.0744. The van der Waals surface area contributed by atoms with Gasteiger partial charge in [0.2, 0.25) is 5.88 Å². The molecule has 2 fully saturated rings. The fourth-order valence-electron chi connectivity index (χ4n) is 4.23. The Labute approximate surface area is 148 Å². The summed E-state index contributed by atoms with van der Waals surface area (Å²) in [5.74, 6) is 1.26. The number of hydrogen-bond acceptors (Lipinski definition) is 4. The van der Waals surface area contributed by atoms with E-state index in [1.54, 1.807) is 12.4 Å². The first-order valence-electron chi connectivity index (χ1n) is 8.92. The van der Waals surface area contributed by atoms with Crippen molar-refractivity contribution in [1.82, 2.24) is 14.9 Å². The fraction of sp³-hybridized carbons (Fsp3) is 0.450. The number of hydrogen-bond donors (Lipinski definition) is 0. The Kier molecular flexibility index (Phi) is 4.15. The van der Waals surface area contributed by atoms with Crippen LogP contribution in [0.1, 0.15) is 35.3 Å². The third-order valence-corrected chi connectivity index (χ3v) is 5.63. The first kappa shape index (κ1) is 16.1. The number of rotatable bonds is 4. The van der Waals surface area contributed by atoms with Crippen LogP contribution in [-0.4, -0.2) is 40.5 Å². The number of carbonyl (C=O) groups is 1. The third-order valence-electron chi connectivity index (χ3n) is 5.63. The van der Waals surface area contributed by atoms with Crippen molar-refractivity contribution < 1.29 is 9.53 Å². The maximum absolute atomic E-state index is 12.8. The highest BCUT2D eigenvalue weighted by Crippen LogP contribution is 2.49. The molecule has 0 aromatic carbocycles. The molecule has 130 valence electrons. The SMILES string of the molecule is Cc1ccc(C(=O)N2C[C@@H]3CCC[C@]3(COc3ccccn3)C2)cn1. The molecule has 3 heterocycles. The van der Waals surface area contributed by atoms with E-state index < -0.39 is 0 Å². The molecule has 2 atom stereocenters. The molecule has 2 aromatic rings. The third kappa shape index (κ3) is 3.11. The van der Waals surface area contributed by atoms with Crippen LogP contribution < -0.4 is 4.74 Å². The van der Waals surface area contributed by atoms with Crippen molar-refractivity contribution in [3.05, 3.63) is 54.0 Å². The van der Waals surface area contributed by atoms with Crippen molar-refractivity contribution >= 4 is 5.91 Å². The molecule has 1 aliphatic heterocycles. The van der Waals surface area contributed by atoms with Crippen molar-refractivity contribution in [2.24, 2.45) is 11.3 Å². The largest absolute Gasteiger partial charge is 0.477 e. The van der Waals surface area contributed by atoms with Crippen LogP contribution in [0.5, 0.6) is 5.88 Å². The molecule has 1 saturated heterocycles. The van der Waals surface area contributed by atoms with Gasteiger partial charge < -0.3 is 9.64 Å². The average molecular weight is 337 g/mol. The molecular formula is C20H23N3O2. The van der Waals surface area contributed by atoms with Crippen LogP contribution in [0.25, 0.3) is 0 Å². The quantitative estimate of drug-likeness (QED) is 0.860. The number of fused-ring (bicyclic) bond motifs is 1. The van der Waals surface area contributed by atoms with E-state index in [0.29, 0.717) is 24.0 Å². The molecule has 0 radical (unpaired) electrons. The summed E-state index contributed by atoms with van der Waals surface area (Å²) in [7, 11) is 0. The van der Waals surface area contributed by atoms with E-state index in [9.17, 15) is 4.79 Å². The van der Waals surface area contributed by atoms with Crippen LogP contribution in [0, 0.1) is 18.3 Å². The molecule has 25 heavy (non-hydrogen) atoms. The molecule has 0 unspecified atom stereocenters. The maximum atomic E-state index is 12.8. The van der Waals surface area contributed by atoms with Gasteiger partial charge in [-0.3, -0.25) is 9.78 Å². The summed E-state index contributed by atoms with van der Waals surface area (Å²) in [6.07, 6.45) is 6.92. The zero-order valence-corrected chi connectivity index (χ0v) is 14.5. The molecule has 1 amide bonds. The predicted octanol–water partition coefficient (Wildman–Crippen LogP) is 3.11. The van der Waals surface area contributed by atoms with Crippen molar-refractivity contribution in [1.29, 1.82) is 0 Å². The van der Waals surface area contributed by atoms with Crippen molar-refractivity contribution in [3.63, 3.8) is 0 Å². The van der Waals surface area contributed by atoms with Crippen LogP contribution in [-0.2, 0) is 0 Å². The Bertz CT molecular complexity index is 747. The zero-order valence-electron chi connectivity index (χ0n) is 14.5. The topological polar surface area (TPSA) is 55.3 Å². The van der Waals surface area contributed by atoms with Gasteiger partial charge in [-0.2, -0.15) is 0 Å². The number of aryl methyl sites for hydroxylation is 1. The molecular weight excluding hydrogens is 314 g/mol. The summed E-state index contributed by atoms with van der Waals surface area (Å²) in [5, 5.41) is 0. The van der Waals surface area contributed by atoms with E-state index in [4.69, 9.17) is 4.74 Å². The van der Waals surface area contributed by atoms with Gasteiger partial charge in [0.1, 0.15) is 0 Å². The van der Waals surface area contributed by atoms with Gasteiger partial charge in [-0.05, 0) is 43.9 Å². The Morgan fingerprint density at radius 3 is 3.00 bits per heavy atom. The summed E-state index contributed by atoms with van der Waals surface area (Å²) in [5.41, 5.74) is 1.66. The molecule has 2 aromatic heterocycles. The van der Waals surface area contributed by atoms with Crippen molar-refractivity contribution in [3.8, 4) is 5.88 Å². The molecule has 0 bridgehead atoms. The number of aromatic nitrogens is 2. The number of ether oxygens (including phenoxy) is 1. The van der Waals surface area contributed by atoms with Gasteiger partial charge in [-0.25, -0.2) is 4.98 Å². The summed E-state index contributed by atoms with van der Waals surface area (Å²) in [6.45, 7) is 4.14.